The summed E-state index contributed by atoms with van der Waals surface area (Å²) in [7, 11) is 0. The number of carbonyl (C=O) groups is 1. The van der Waals surface area contributed by atoms with E-state index < -0.39 is 40.6 Å². The molecule has 0 saturated heterocycles. The van der Waals surface area contributed by atoms with Gasteiger partial charge in [0, 0.05) is 36.9 Å². The van der Waals surface area contributed by atoms with E-state index in [-0.39, 0.29) is 24.3 Å². The van der Waals surface area contributed by atoms with Crippen molar-refractivity contribution in [2.24, 2.45) is 11.1 Å². The Balaban J connectivity index is 1.91. The van der Waals surface area contributed by atoms with Gasteiger partial charge in [0.25, 0.3) is 5.91 Å². The third kappa shape index (κ3) is 6.42. The normalized spacial score (nSPS) is 12.4. The molecule has 1 aromatic heterocycles. The predicted molar refractivity (Wildman–Crippen MR) is 146 cm³/mol. The number of aromatic nitrogens is 2. The number of nitrogens with two attached hydrogens (primary N) is 1. The van der Waals surface area contributed by atoms with Crippen LogP contribution < -0.4 is 5.73 Å². The average molecular weight is 553 g/mol. The fraction of sp³-hybridized carbons (Fsp3) is 0.290. The second-order valence-corrected chi connectivity index (χ2v) is 10.8. The largest absolute Gasteiger partial charge is 0.330 e. The molecule has 0 spiro atoms. The molecule has 5 nitrogen and oxygen atoms in total. The minimum atomic E-state index is -0.979. The molecule has 0 bridgehead atoms. The van der Waals surface area contributed by atoms with Crippen molar-refractivity contribution >= 4 is 5.91 Å². The summed E-state index contributed by atoms with van der Waals surface area (Å²) in [6.07, 6.45) is 2.43. The first-order valence-corrected chi connectivity index (χ1v) is 13.0. The highest BCUT2D eigenvalue weighted by Crippen LogP contribution is 2.41. The number of hydrogen-bond acceptors (Lipinski definition) is 3. The van der Waals surface area contributed by atoms with E-state index in [2.05, 4.69) is 0 Å². The van der Waals surface area contributed by atoms with Crippen LogP contribution in [-0.4, -0.2) is 33.7 Å². The van der Waals surface area contributed by atoms with Gasteiger partial charge in [-0.1, -0.05) is 51.1 Å². The van der Waals surface area contributed by atoms with Gasteiger partial charge in [0.2, 0.25) is 0 Å². The molecule has 9 heteroatoms. The fourth-order valence-electron chi connectivity index (χ4n) is 4.84. The molecule has 2 N–H and O–H groups in total. The molecule has 0 aliphatic rings. The first kappa shape index (κ1) is 29.0. The summed E-state index contributed by atoms with van der Waals surface area (Å²) in [6, 6.07) is 14.7. The van der Waals surface area contributed by atoms with Crippen molar-refractivity contribution in [2.75, 3.05) is 13.1 Å². The van der Waals surface area contributed by atoms with Crippen molar-refractivity contribution in [3.63, 3.8) is 0 Å². The SMILES string of the molecule is CC(C)(C)[C@H](c1nn(-c2cc(F)ccc2F)cc1Cc1ccccc1)N(CCCN)C(=O)c1ccc(F)cc1F. The van der Waals surface area contributed by atoms with E-state index in [1.807, 2.05) is 51.1 Å². The summed E-state index contributed by atoms with van der Waals surface area (Å²) >= 11 is 0. The number of nitrogens with zero attached hydrogens (tertiary/aromatic N) is 3. The number of amides is 1. The Hall–Kier alpha value is -3.98. The van der Waals surface area contributed by atoms with Crippen molar-refractivity contribution in [1.29, 1.82) is 0 Å². The zero-order chi connectivity index (χ0) is 29.0. The van der Waals surface area contributed by atoms with Gasteiger partial charge in [-0.15, -0.1) is 0 Å². The second kappa shape index (κ2) is 12.0. The van der Waals surface area contributed by atoms with Gasteiger partial charge in [-0.05, 0) is 48.2 Å². The predicted octanol–water partition coefficient (Wildman–Crippen LogP) is 6.60. The summed E-state index contributed by atoms with van der Waals surface area (Å²) < 4.78 is 58.7. The Labute approximate surface area is 231 Å². The topological polar surface area (TPSA) is 64.2 Å². The van der Waals surface area contributed by atoms with Gasteiger partial charge in [-0.25, -0.2) is 22.2 Å². The van der Waals surface area contributed by atoms with E-state index in [1.165, 1.54) is 9.58 Å². The van der Waals surface area contributed by atoms with E-state index in [9.17, 15) is 22.4 Å². The van der Waals surface area contributed by atoms with Crippen LogP contribution in [0.5, 0.6) is 0 Å². The van der Waals surface area contributed by atoms with Gasteiger partial charge < -0.3 is 10.6 Å². The zero-order valence-corrected chi connectivity index (χ0v) is 22.7. The van der Waals surface area contributed by atoms with Crippen molar-refractivity contribution in [2.45, 2.75) is 39.7 Å². The number of carbonyl (C=O) groups excluding carboxylic acids is 1. The van der Waals surface area contributed by atoms with Crippen molar-refractivity contribution in [3.8, 4) is 5.69 Å². The molecule has 40 heavy (non-hydrogen) atoms. The highest BCUT2D eigenvalue weighted by atomic mass is 19.1. The summed E-state index contributed by atoms with van der Waals surface area (Å²) in [5.41, 5.74) is 6.86. The molecule has 0 saturated carbocycles. The maximum Gasteiger partial charge on any atom is 0.257 e. The van der Waals surface area contributed by atoms with Gasteiger partial charge in [-0.3, -0.25) is 4.79 Å². The molecule has 4 aromatic rings. The van der Waals surface area contributed by atoms with E-state index in [0.717, 1.165) is 35.9 Å². The van der Waals surface area contributed by atoms with Crippen LogP contribution in [-0.2, 0) is 6.42 Å². The maximum absolute atomic E-state index is 14.8. The van der Waals surface area contributed by atoms with E-state index in [4.69, 9.17) is 10.8 Å². The van der Waals surface area contributed by atoms with Crippen molar-refractivity contribution in [3.05, 3.63) is 119 Å². The molecule has 1 atom stereocenters. The highest BCUT2D eigenvalue weighted by molar-refractivity contribution is 5.94. The lowest BCUT2D eigenvalue weighted by atomic mass is 9.81. The zero-order valence-electron chi connectivity index (χ0n) is 22.7. The molecule has 0 fully saturated rings. The molecule has 1 heterocycles. The lowest BCUT2D eigenvalue weighted by Gasteiger charge is -2.40. The molecule has 4 rings (SSSR count). The van der Waals surface area contributed by atoms with E-state index in [0.29, 0.717) is 30.2 Å². The van der Waals surface area contributed by atoms with Crippen LogP contribution in [0.15, 0.2) is 72.9 Å². The van der Waals surface area contributed by atoms with Gasteiger partial charge >= 0.3 is 0 Å². The lowest BCUT2D eigenvalue weighted by molar-refractivity contribution is 0.0493. The molecule has 1 amide bonds. The number of benzene rings is 3. The minimum Gasteiger partial charge on any atom is -0.330 e. The number of hydrogen-bond donors (Lipinski definition) is 1. The molecular formula is C31H32F4N4O. The molecule has 210 valence electrons. The Morgan fingerprint density at radius 1 is 0.950 bits per heavy atom. The fourth-order valence-corrected chi connectivity index (χ4v) is 4.84. The van der Waals surface area contributed by atoms with E-state index >= 15 is 0 Å². The van der Waals surface area contributed by atoms with E-state index in [1.54, 1.807) is 6.20 Å². The average Bonchev–Trinajstić information content (AvgIpc) is 3.29. The van der Waals surface area contributed by atoms with Crippen LogP contribution in [0.4, 0.5) is 17.6 Å². The standard InChI is InChI=1S/C31H32F4N4O/c1-31(2,3)29(38(15-7-14-36)30(40)24-12-10-22(32)17-26(24)35)28-21(16-20-8-5-4-6-9-20)19-39(37-28)27-18-23(33)11-13-25(27)34/h4-6,8-13,17-19,29H,7,14-16,36H2,1-3H3/t29-/m0/s1. The van der Waals surface area contributed by atoms with Gasteiger partial charge in [-0.2, -0.15) is 5.10 Å². The van der Waals surface area contributed by atoms with Crippen LogP contribution in [0.2, 0.25) is 0 Å². The summed E-state index contributed by atoms with van der Waals surface area (Å²) in [5.74, 6) is -3.72. The Morgan fingerprint density at radius 3 is 2.27 bits per heavy atom. The molecule has 0 unspecified atom stereocenters. The third-order valence-corrected chi connectivity index (χ3v) is 6.63. The molecule has 0 aliphatic heterocycles. The number of halogens is 4. The van der Waals surface area contributed by atoms with Crippen LogP contribution in [0.25, 0.3) is 5.69 Å². The van der Waals surface area contributed by atoms with Gasteiger partial charge in [0.1, 0.15) is 29.0 Å². The Kier molecular flexibility index (Phi) is 8.73. The van der Waals surface area contributed by atoms with Crippen molar-refractivity contribution in [1.82, 2.24) is 14.7 Å². The first-order valence-electron chi connectivity index (χ1n) is 13.0. The first-order chi connectivity index (χ1) is 19.0. The van der Waals surface area contributed by atoms with Crippen LogP contribution in [0, 0.1) is 28.7 Å². The van der Waals surface area contributed by atoms with Crippen molar-refractivity contribution < 1.29 is 22.4 Å². The van der Waals surface area contributed by atoms with Gasteiger partial charge in [0.15, 0.2) is 0 Å². The second-order valence-electron chi connectivity index (χ2n) is 10.8. The Morgan fingerprint density at radius 2 is 1.62 bits per heavy atom. The van der Waals surface area contributed by atoms with Crippen LogP contribution in [0.1, 0.15) is 60.4 Å². The summed E-state index contributed by atoms with van der Waals surface area (Å²) in [4.78, 5) is 15.4. The lowest BCUT2D eigenvalue weighted by Crippen LogP contribution is -2.43. The molecule has 0 radical (unpaired) electrons. The number of rotatable bonds is 9. The maximum atomic E-state index is 14.8. The van der Waals surface area contributed by atoms with Crippen LogP contribution in [0.3, 0.4) is 0 Å². The quantitative estimate of drug-likeness (QED) is 0.238. The summed E-state index contributed by atoms with van der Waals surface area (Å²) in [6.45, 7) is 6.17. The van der Waals surface area contributed by atoms with Gasteiger partial charge in [0.05, 0.1) is 17.3 Å². The monoisotopic (exact) mass is 552 g/mol. The third-order valence-electron chi connectivity index (χ3n) is 6.63. The molecule has 3 aromatic carbocycles. The minimum absolute atomic E-state index is 0.0855. The molecule has 0 aliphatic carbocycles. The molecular weight excluding hydrogens is 520 g/mol. The van der Waals surface area contributed by atoms with Crippen LogP contribution >= 0.6 is 0 Å². The Bertz CT molecular complexity index is 1480. The smallest absolute Gasteiger partial charge is 0.257 e. The summed E-state index contributed by atoms with van der Waals surface area (Å²) in [5, 5.41) is 4.72. The highest BCUT2D eigenvalue weighted by Gasteiger charge is 2.39.